The van der Waals surface area contributed by atoms with Crippen LogP contribution in [-0.4, -0.2) is 14.5 Å². The highest BCUT2D eigenvalue weighted by Gasteiger charge is 2.23. The molecule has 0 radical (unpaired) electrons. The van der Waals surface area contributed by atoms with E-state index in [9.17, 15) is 8.42 Å². The van der Waals surface area contributed by atoms with Crippen molar-refractivity contribution in [2.45, 2.75) is 51.5 Å². The Kier molecular flexibility index (Phi) is 5.38. The summed E-state index contributed by atoms with van der Waals surface area (Å²) in [5, 5.41) is 0. The second kappa shape index (κ2) is 6.39. The van der Waals surface area contributed by atoms with Gasteiger partial charge in [-0.3, -0.25) is 0 Å². The summed E-state index contributed by atoms with van der Waals surface area (Å²) >= 11 is 0. The van der Waals surface area contributed by atoms with Crippen molar-refractivity contribution in [2.24, 2.45) is 5.92 Å². The van der Waals surface area contributed by atoms with Crippen LogP contribution >= 0.6 is 0 Å². The van der Waals surface area contributed by atoms with Crippen LogP contribution in [0.3, 0.4) is 0 Å². The van der Waals surface area contributed by atoms with Gasteiger partial charge in [0.2, 0.25) is 10.0 Å². The minimum Gasteiger partial charge on any atom is -0.399 e. The first kappa shape index (κ1) is 16.0. The van der Waals surface area contributed by atoms with Gasteiger partial charge < -0.3 is 5.73 Å². The Morgan fingerprint density at radius 2 is 1.84 bits per heavy atom. The molecule has 0 aliphatic heterocycles. The Balaban J connectivity index is 2.98. The average Bonchev–Trinajstić information content (AvgIpc) is 2.29. The van der Waals surface area contributed by atoms with Crippen molar-refractivity contribution in [3.8, 4) is 0 Å². The molecule has 0 aliphatic carbocycles. The lowest BCUT2D eigenvalue weighted by atomic mass is 9.96. The summed E-state index contributed by atoms with van der Waals surface area (Å²) in [5.74, 6) is 0.351. The van der Waals surface area contributed by atoms with Crippen LogP contribution in [0.2, 0.25) is 0 Å². The average molecular weight is 284 g/mol. The third-order valence-corrected chi connectivity index (χ3v) is 5.30. The number of sulfonamides is 1. The molecule has 0 amide bonds. The van der Waals surface area contributed by atoms with Crippen LogP contribution in [0.1, 0.15) is 39.2 Å². The predicted molar refractivity (Wildman–Crippen MR) is 79.4 cm³/mol. The van der Waals surface area contributed by atoms with Crippen LogP contribution in [-0.2, 0) is 10.0 Å². The summed E-state index contributed by atoms with van der Waals surface area (Å²) in [6.07, 6.45) is 1.92. The molecule has 3 N–H and O–H groups in total. The smallest absolute Gasteiger partial charge is 0.241 e. The normalized spacial score (nSPS) is 13.7. The van der Waals surface area contributed by atoms with Gasteiger partial charge in [-0.05, 0) is 43.5 Å². The van der Waals surface area contributed by atoms with Gasteiger partial charge in [-0.15, -0.1) is 0 Å². The van der Waals surface area contributed by atoms with Crippen molar-refractivity contribution in [1.29, 1.82) is 0 Å². The SMILES string of the molecule is CCC(CC)C(C)NS(=O)(=O)c1ccc(N)cc1C. The van der Waals surface area contributed by atoms with Crippen LogP contribution in [0.25, 0.3) is 0 Å². The zero-order valence-electron chi connectivity index (χ0n) is 12.1. The molecule has 0 fully saturated rings. The van der Waals surface area contributed by atoms with Crippen LogP contribution in [0.15, 0.2) is 23.1 Å². The van der Waals surface area contributed by atoms with Crippen LogP contribution in [0.4, 0.5) is 5.69 Å². The lowest BCUT2D eigenvalue weighted by Crippen LogP contribution is -2.38. The van der Waals surface area contributed by atoms with E-state index >= 15 is 0 Å². The molecule has 0 spiro atoms. The third kappa shape index (κ3) is 3.94. The van der Waals surface area contributed by atoms with Gasteiger partial charge >= 0.3 is 0 Å². The van der Waals surface area contributed by atoms with E-state index in [0.29, 0.717) is 22.1 Å². The Labute approximate surface area is 116 Å². The van der Waals surface area contributed by atoms with Crippen LogP contribution in [0.5, 0.6) is 0 Å². The van der Waals surface area contributed by atoms with E-state index in [1.54, 1.807) is 25.1 Å². The Bertz CT molecular complexity index is 522. The fraction of sp³-hybridized carbons (Fsp3) is 0.571. The van der Waals surface area contributed by atoms with Crippen molar-refractivity contribution < 1.29 is 8.42 Å². The van der Waals surface area contributed by atoms with Crippen molar-refractivity contribution in [2.75, 3.05) is 5.73 Å². The maximum absolute atomic E-state index is 12.4. The molecule has 1 atom stereocenters. The minimum atomic E-state index is -3.48. The molecule has 108 valence electrons. The number of hydrogen-bond acceptors (Lipinski definition) is 3. The molecule has 0 saturated heterocycles. The lowest BCUT2D eigenvalue weighted by molar-refractivity contribution is 0.390. The van der Waals surface area contributed by atoms with Gasteiger partial charge in [-0.1, -0.05) is 26.7 Å². The molecule has 0 aromatic heterocycles. The van der Waals surface area contributed by atoms with Crippen molar-refractivity contribution in [1.82, 2.24) is 4.72 Å². The largest absolute Gasteiger partial charge is 0.399 e. The first-order valence-electron chi connectivity index (χ1n) is 6.70. The first-order valence-corrected chi connectivity index (χ1v) is 8.18. The van der Waals surface area contributed by atoms with E-state index in [2.05, 4.69) is 18.6 Å². The number of rotatable bonds is 6. The molecule has 0 heterocycles. The molecular formula is C14H24N2O2S. The number of nitrogen functional groups attached to an aromatic ring is 1. The van der Waals surface area contributed by atoms with Gasteiger partial charge in [0.15, 0.2) is 0 Å². The molecule has 1 aromatic carbocycles. The second-order valence-corrected chi connectivity index (χ2v) is 6.69. The molecule has 4 nitrogen and oxygen atoms in total. The van der Waals surface area contributed by atoms with Crippen molar-refractivity contribution >= 4 is 15.7 Å². The number of nitrogens with one attached hydrogen (secondary N) is 1. The van der Waals surface area contributed by atoms with E-state index in [1.165, 1.54) is 0 Å². The van der Waals surface area contributed by atoms with Gasteiger partial charge in [-0.25, -0.2) is 13.1 Å². The Morgan fingerprint density at radius 3 is 2.32 bits per heavy atom. The summed E-state index contributed by atoms with van der Waals surface area (Å²) in [6, 6.07) is 4.78. The number of nitrogens with two attached hydrogens (primary N) is 1. The maximum Gasteiger partial charge on any atom is 0.241 e. The summed E-state index contributed by atoms with van der Waals surface area (Å²) < 4.78 is 27.5. The fourth-order valence-electron chi connectivity index (χ4n) is 2.37. The first-order chi connectivity index (χ1) is 8.81. The third-order valence-electron chi connectivity index (χ3n) is 3.59. The number of aryl methyl sites for hydroxylation is 1. The molecular weight excluding hydrogens is 260 g/mol. The predicted octanol–water partition coefficient (Wildman–Crippen LogP) is 2.68. The number of hydrogen-bond donors (Lipinski definition) is 2. The summed E-state index contributed by atoms with van der Waals surface area (Å²) in [4.78, 5) is 0.305. The topological polar surface area (TPSA) is 72.2 Å². The minimum absolute atomic E-state index is 0.0723. The van der Waals surface area contributed by atoms with E-state index < -0.39 is 10.0 Å². The van der Waals surface area contributed by atoms with Gasteiger partial charge in [0, 0.05) is 11.7 Å². The Morgan fingerprint density at radius 1 is 1.26 bits per heavy atom. The van der Waals surface area contributed by atoms with Crippen LogP contribution < -0.4 is 10.5 Å². The van der Waals surface area contributed by atoms with E-state index in [4.69, 9.17) is 5.73 Å². The van der Waals surface area contributed by atoms with Gasteiger partial charge in [0.25, 0.3) is 0 Å². The molecule has 0 aliphatic rings. The molecule has 5 heteroatoms. The molecule has 1 unspecified atom stereocenters. The van der Waals surface area contributed by atoms with Crippen molar-refractivity contribution in [3.63, 3.8) is 0 Å². The number of anilines is 1. The highest BCUT2D eigenvalue weighted by Crippen LogP contribution is 2.20. The second-order valence-electron chi connectivity index (χ2n) is 5.01. The molecule has 0 saturated carbocycles. The standard InChI is InChI=1S/C14H24N2O2S/c1-5-12(6-2)11(4)16-19(17,18)14-8-7-13(15)9-10(14)3/h7-9,11-12,16H,5-6,15H2,1-4H3. The quantitative estimate of drug-likeness (QED) is 0.789. The van der Waals surface area contributed by atoms with Gasteiger partial charge in [-0.2, -0.15) is 0 Å². The fourth-order valence-corrected chi connectivity index (χ4v) is 3.91. The van der Waals surface area contributed by atoms with Crippen molar-refractivity contribution in [3.05, 3.63) is 23.8 Å². The summed E-state index contributed by atoms with van der Waals surface area (Å²) in [6.45, 7) is 7.83. The van der Waals surface area contributed by atoms with Gasteiger partial charge in [0.05, 0.1) is 4.90 Å². The Hall–Kier alpha value is -1.07. The molecule has 1 aromatic rings. The van der Waals surface area contributed by atoms with Gasteiger partial charge in [0.1, 0.15) is 0 Å². The zero-order chi connectivity index (χ0) is 14.6. The van der Waals surface area contributed by atoms with E-state index in [0.717, 1.165) is 12.8 Å². The summed E-state index contributed by atoms with van der Waals surface area (Å²) in [7, 11) is -3.48. The molecule has 0 bridgehead atoms. The highest BCUT2D eigenvalue weighted by atomic mass is 32.2. The maximum atomic E-state index is 12.4. The van der Waals surface area contributed by atoms with E-state index in [-0.39, 0.29) is 6.04 Å². The molecule has 1 rings (SSSR count). The van der Waals surface area contributed by atoms with Crippen LogP contribution in [0, 0.1) is 12.8 Å². The molecule has 19 heavy (non-hydrogen) atoms. The lowest BCUT2D eigenvalue weighted by Gasteiger charge is -2.22. The zero-order valence-corrected chi connectivity index (χ0v) is 12.9. The summed E-state index contributed by atoms with van der Waals surface area (Å²) in [5.41, 5.74) is 6.89. The highest BCUT2D eigenvalue weighted by molar-refractivity contribution is 7.89. The van der Waals surface area contributed by atoms with E-state index in [1.807, 2.05) is 6.92 Å². The monoisotopic (exact) mass is 284 g/mol. The number of benzene rings is 1.